The zero-order valence-electron chi connectivity index (χ0n) is 15.2. The molecule has 0 radical (unpaired) electrons. The molecule has 0 aliphatic heterocycles. The van der Waals surface area contributed by atoms with Crippen molar-refractivity contribution in [2.24, 2.45) is 0 Å². The number of ether oxygens (including phenoxy) is 1. The number of aromatic nitrogens is 4. The van der Waals surface area contributed by atoms with Crippen LogP contribution in [-0.4, -0.2) is 43.9 Å². The van der Waals surface area contributed by atoms with Gasteiger partial charge in [0.25, 0.3) is 0 Å². The quantitative estimate of drug-likeness (QED) is 0.354. The lowest BCUT2D eigenvalue weighted by molar-refractivity contribution is 0.141. The molecule has 2 heterocycles. The summed E-state index contributed by atoms with van der Waals surface area (Å²) in [5, 5.41) is 3.02. The number of nitrogen functional groups attached to an aromatic ring is 1. The molecule has 4 N–H and O–H groups in total. The lowest BCUT2D eigenvalue weighted by atomic mass is 10.2. The Kier molecular flexibility index (Phi) is 6.65. The highest BCUT2D eigenvalue weighted by molar-refractivity contribution is 7.63. The maximum atomic E-state index is 10.7. The number of nitrogens with one attached hydrogen (secondary N) is 1. The molecular weight excluding hydrogens is 367 g/mol. The Morgan fingerprint density at radius 2 is 2.04 bits per heavy atom. The average molecular weight is 391 g/mol. The van der Waals surface area contributed by atoms with E-state index in [0.717, 1.165) is 5.56 Å². The summed E-state index contributed by atoms with van der Waals surface area (Å²) in [5.41, 5.74) is 8.01. The Hall–Kier alpha value is -2.16. The lowest BCUT2D eigenvalue weighted by Crippen LogP contribution is -2.22. The number of anilines is 1. The molecule has 1 unspecified atom stereocenters. The summed E-state index contributed by atoms with van der Waals surface area (Å²) in [4.78, 5) is 23.1. The number of fused-ring (bicyclic) bond motifs is 1. The van der Waals surface area contributed by atoms with Gasteiger partial charge in [0.2, 0.25) is 6.35 Å². The predicted octanol–water partition coefficient (Wildman–Crippen LogP) is 1.96. The van der Waals surface area contributed by atoms with E-state index in [4.69, 9.17) is 15.0 Å². The minimum absolute atomic E-state index is 0.0947. The molecule has 2 aromatic heterocycles. The van der Waals surface area contributed by atoms with Gasteiger partial charge in [0, 0.05) is 13.1 Å². The highest BCUT2D eigenvalue weighted by Gasteiger charge is 2.38. The second-order valence-corrected chi connectivity index (χ2v) is 8.11. The van der Waals surface area contributed by atoms with Gasteiger partial charge in [0.1, 0.15) is 18.5 Å². The second-order valence-electron chi connectivity index (χ2n) is 5.88. The average Bonchev–Trinajstić information content (AvgIpc) is 3.09. The van der Waals surface area contributed by atoms with Crippen LogP contribution in [0.1, 0.15) is 12.5 Å². The minimum Gasteiger partial charge on any atom is -0.382 e. The van der Waals surface area contributed by atoms with Crippen LogP contribution in [0, 0.1) is 0 Å². The number of benzene rings is 1. The van der Waals surface area contributed by atoms with E-state index in [1.807, 2.05) is 41.8 Å². The summed E-state index contributed by atoms with van der Waals surface area (Å²) in [6.45, 7) is 3.72. The van der Waals surface area contributed by atoms with E-state index in [9.17, 15) is 4.89 Å². The first-order chi connectivity index (χ1) is 13.1. The molecule has 9 nitrogen and oxygen atoms in total. The molecule has 0 fully saturated rings. The number of rotatable bonds is 10. The van der Waals surface area contributed by atoms with Crippen LogP contribution < -0.4 is 10.8 Å². The molecule has 0 saturated carbocycles. The third-order valence-corrected chi connectivity index (χ3v) is 5.76. The Bertz CT molecular complexity index is 862. The van der Waals surface area contributed by atoms with Gasteiger partial charge in [-0.1, -0.05) is 30.3 Å². The van der Waals surface area contributed by atoms with Gasteiger partial charge >= 0.3 is 7.87 Å². The topological polar surface area (TPSA) is 120 Å². The summed E-state index contributed by atoms with van der Waals surface area (Å²) in [6.07, 6.45) is 3.15. The first kappa shape index (κ1) is 19.6. The van der Waals surface area contributed by atoms with Gasteiger partial charge < -0.3 is 15.0 Å². The Morgan fingerprint density at radius 3 is 2.81 bits per heavy atom. The van der Waals surface area contributed by atoms with E-state index < -0.39 is 7.87 Å². The van der Waals surface area contributed by atoms with Gasteiger partial charge in [0.15, 0.2) is 11.5 Å². The van der Waals surface area contributed by atoms with Crippen molar-refractivity contribution in [2.75, 3.05) is 25.2 Å². The van der Waals surface area contributed by atoms with Gasteiger partial charge in [-0.25, -0.2) is 15.0 Å². The molecule has 0 bridgehead atoms. The fourth-order valence-corrected chi connectivity index (χ4v) is 4.04. The smallest absolute Gasteiger partial charge is 0.370 e. The molecule has 0 saturated heterocycles. The molecule has 0 amide bonds. The molecule has 0 spiro atoms. The first-order valence-electron chi connectivity index (χ1n) is 8.65. The molecular formula is C17H24N6O3P+. The van der Waals surface area contributed by atoms with Gasteiger partial charge in [0.05, 0.1) is 12.9 Å². The van der Waals surface area contributed by atoms with Crippen LogP contribution >= 0.6 is 7.87 Å². The van der Waals surface area contributed by atoms with Crippen molar-refractivity contribution in [3.05, 3.63) is 48.5 Å². The third-order valence-electron chi connectivity index (χ3n) is 3.87. The van der Waals surface area contributed by atoms with Crippen molar-refractivity contribution in [1.29, 1.82) is 0 Å². The van der Waals surface area contributed by atoms with Gasteiger partial charge in [-0.05, 0) is 12.5 Å². The van der Waals surface area contributed by atoms with Crippen molar-refractivity contribution in [3.63, 3.8) is 0 Å². The number of nitrogens with zero attached hydrogens (tertiary/aromatic N) is 4. The summed E-state index contributed by atoms with van der Waals surface area (Å²) < 4.78 is 13.3. The molecule has 3 aromatic rings. The van der Waals surface area contributed by atoms with E-state index in [1.165, 1.54) is 6.33 Å². The summed E-state index contributed by atoms with van der Waals surface area (Å²) >= 11 is 0. The van der Waals surface area contributed by atoms with E-state index in [2.05, 4.69) is 20.0 Å². The van der Waals surface area contributed by atoms with Crippen molar-refractivity contribution in [3.8, 4) is 0 Å². The lowest BCUT2D eigenvalue weighted by Gasteiger charge is -2.18. The molecule has 0 aliphatic carbocycles. The molecule has 27 heavy (non-hydrogen) atoms. The van der Waals surface area contributed by atoms with E-state index >= 15 is 0 Å². The van der Waals surface area contributed by atoms with Crippen molar-refractivity contribution in [1.82, 2.24) is 24.6 Å². The fraction of sp³-hybridized carbons (Fsp3) is 0.353. The van der Waals surface area contributed by atoms with Gasteiger partial charge in [-0.15, -0.1) is 5.09 Å². The Labute approximate surface area is 158 Å². The molecule has 1 atom stereocenters. The van der Waals surface area contributed by atoms with Crippen LogP contribution in [0.15, 0.2) is 43.0 Å². The summed E-state index contributed by atoms with van der Waals surface area (Å²) in [5.74, 6) is 0.349. The van der Waals surface area contributed by atoms with E-state index in [0.29, 0.717) is 43.3 Å². The summed E-state index contributed by atoms with van der Waals surface area (Å²) in [6, 6.07) is 9.72. The summed E-state index contributed by atoms with van der Waals surface area (Å²) in [7, 11) is -2.84. The minimum atomic E-state index is -2.84. The Balaban J connectivity index is 1.52. The van der Waals surface area contributed by atoms with Crippen molar-refractivity contribution >= 4 is 24.8 Å². The zero-order valence-corrected chi connectivity index (χ0v) is 16.0. The van der Waals surface area contributed by atoms with Gasteiger partial charge in [-0.2, -0.15) is 9.42 Å². The van der Waals surface area contributed by atoms with Crippen LogP contribution in [0.25, 0.3) is 11.2 Å². The molecule has 0 aliphatic rings. The molecule has 144 valence electrons. The fourth-order valence-electron chi connectivity index (χ4n) is 2.54. The van der Waals surface area contributed by atoms with Crippen molar-refractivity contribution in [2.45, 2.75) is 20.1 Å². The molecule has 3 rings (SSSR count). The predicted molar refractivity (Wildman–Crippen MR) is 105 cm³/mol. The third kappa shape index (κ3) is 5.18. The monoisotopic (exact) mass is 391 g/mol. The first-order valence-corrected chi connectivity index (χ1v) is 10.5. The van der Waals surface area contributed by atoms with E-state index in [1.54, 1.807) is 6.33 Å². The van der Waals surface area contributed by atoms with Crippen molar-refractivity contribution < 1.29 is 14.2 Å². The second kappa shape index (κ2) is 9.16. The highest BCUT2D eigenvalue weighted by atomic mass is 31.2. The number of hydrogen-bond acceptors (Lipinski definition) is 8. The van der Waals surface area contributed by atoms with Crippen LogP contribution in [0.3, 0.4) is 0 Å². The van der Waals surface area contributed by atoms with Crippen LogP contribution in [0.5, 0.6) is 0 Å². The van der Waals surface area contributed by atoms with Crippen LogP contribution in [0.2, 0.25) is 0 Å². The maximum Gasteiger partial charge on any atom is 0.370 e. The molecule has 1 aromatic carbocycles. The standard InChI is InChI=1S/C17H24N6O3P/c1-2-22-27(24,26-10-14-6-4-3-5-7-14)13-25-9-8-23-12-21-15-16(18)19-11-20-17(15)23/h3-7,11-12,22,24H,2,8-10,13H2,1H3,(H2,18,19,20)/q+1. The normalized spacial score (nSPS) is 13.7. The number of imidazole rings is 1. The van der Waals surface area contributed by atoms with Crippen LogP contribution in [0.4, 0.5) is 5.82 Å². The SMILES string of the molecule is CCN[P+](O)(COCCn1cnc2c(N)ncnc21)OCc1ccccc1. The maximum absolute atomic E-state index is 10.7. The number of hydrogen-bond donors (Lipinski definition) is 3. The zero-order chi connectivity index (χ0) is 19.1. The highest BCUT2D eigenvalue weighted by Crippen LogP contribution is 2.51. The van der Waals surface area contributed by atoms with Gasteiger partial charge in [-0.3, -0.25) is 0 Å². The van der Waals surface area contributed by atoms with Crippen LogP contribution in [-0.2, 0) is 22.4 Å². The van der Waals surface area contributed by atoms with E-state index in [-0.39, 0.29) is 6.35 Å². The Morgan fingerprint density at radius 1 is 1.22 bits per heavy atom. The molecule has 10 heteroatoms. The largest absolute Gasteiger partial charge is 0.382 e. The number of nitrogens with two attached hydrogens (primary N) is 1.